The normalized spacial score (nSPS) is 14.0. The summed E-state index contributed by atoms with van der Waals surface area (Å²) < 4.78 is 19.0. The van der Waals surface area contributed by atoms with Crippen LogP contribution in [0, 0.1) is 12.7 Å². The predicted molar refractivity (Wildman–Crippen MR) is 141 cm³/mol. The van der Waals surface area contributed by atoms with E-state index in [-0.39, 0.29) is 17.5 Å². The van der Waals surface area contributed by atoms with E-state index in [4.69, 9.17) is 9.57 Å². The van der Waals surface area contributed by atoms with Gasteiger partial charge in [0.1, 0.15) is 5.52 Å². The molecule has 1 aliphatic rings. The smallest absolute Gasteiger partial charge is 0.253 e. The van der Waals surface area contributed by atoms with Gasteiger partial charge >= 0.3 is 0 Å². The number of rotatable bonds is 7. The Balaban J connectivity index is 1.17. The summed E-state index contributed by atoms with van der Waals surface area (Å²) in [5.74, 6) is 0.519. The van der Waals surface area contributed by atoms with Crippen LogP contribution in [0.25, 0.3) is 10.9 Å². The van der Waals surface area contributed by atoms with Crippen LogP contribution < -0.4 is 15.1 Å². The molecular formula is C29H29FN4O3. The minimum absolute atomic E-state index is 0.00367. The number of fused-ring (bicyclic) bond motifs is 1. The topological polar surface area (TPSA) is 66.9 Å². The number of piperazine rings is 1. The third-order valence-electron chi connectivity index (χ3n) is 6.62. The number of aromatic nitrogens is 1. The van der Waals surface area contributed by atoms with Gasteiger partial charge in [-0.1, -0.05) is 24.3 Å². The van der Waals surface area contributed by atoms with Crippen LogP contribution in [0.5, 0.6) is 11.5 Å². The fourth-order valence-corrected chi connectivity index (χ4v) is 4.54. The Labute approximate surface area is 215 Å². The number of carbonyl (C=O) groups excluding carboxylic acids is 1. The van der Waals surface area contributed by atoms with Crippen LogP contribution in [-0.4, -0.2) is 54.0 Å². The Bertz CT molecular complexity index is 1410. The van der Waals surface area contributed by atoms with Gasteiger partial charge < -0.3 is 14.5 Å². The highest BCUT2D eigenvalue weighted by Gasteiger charge is 2.23. The van der Waals surface area contributed by atoms with Crippen molar-refractivity contribution in [1.29, 1.82) is 0 Å². The molecule has 0 radical (unpaired) electrons. The molecule has 4 aromatic rings. The van der Waals surface area contributed by atoms with Crippen LogP contribution in [0.4, 0.5) is 10.1 Å². The number of nitrogens with one attached hydrogen (secondary N) is 1. The molecule has 0 aliphatic carbocycles. The number of nitrogens with zero attached hydrogens (tertiary/aromatic N) is 3. The molecule has 1 N–H and O–H groups in total. The maximum Gasteiger partial charge on any atom is 0.253 e. The lowest BCUT2D eigenvalue weighted by atomic mass is 10.1. The van der Waals surface area contributed by atoms with Crippen LogP contribution in [0.1, 0.15) is 21.5 Å². The van der Waals surface area contributed by atoms with E-state index in [1.54, 1.807) is 12.3 Å². The molecule has 1 aromatic heterocycles. The molecule has 7 nitrogen and oxygen atoms in total. The van der Waals surface area contributed by atoms with Gasteiger partial charge in [0, 0.05) is 49.9 Å². The highest BCUT2D eigenvalue weighted by Crippen LogP contribution is 2.25. The number of amides is 1. The molecule has 0 atom stereocenters. The maximum atomic E-state index is 14.0. The second-order valence-corrected chi connectivity index (χ2v) is 9.10. The fourth-order valence-electron chi connectivity index (χ4n) is 4.54. The number of ether oxygens (including phenoxy) is 1. The van der Waals surface area contributed by atoms with Gasteiger partial charge in [-0.15, -0.1) is 0 Å². The lowest BCUT2D eigenvalue weighted by molar-refractivity contribution is 0.0628. The van der Waals surface area contributed by atoms with Crippen molar-refractivity contribution >= 4 is 22.5 Å². The van der Waals surface area contributed by atoms with Crippen LogP contribution in [0.2, 0.25) is 0 Å². The lowest BCUT2D eigenvalue weighted by Crippen LogP contribution is -2.48. The maximum absolute atomic E-state index is 14.0. The average molecular weight is 501 g/mol. The first-order valence-corrected chi connectivity index (χ1v) is 12.2. The van der Waals surface area contributed by atoms with Gasteiger partial charge in [-0.3, -0.25) is 14.7 Å². The third-order valence-corrected chi connectivity index (χ3v) is 6.62. The van der Waals surface area contributed by atoms with Gasteiger partial charge in [-0.2, -0.15) is 0 Å². The monoisotopic (exact) mass is 500 g/mol. The summed E-state index contributed by atoms with van der Waals surface area (Å²) in [5, 5.41) is 0.996. The molecule has 1 amide bonds. The fraction of sp³-hybridized carbons (Fsp3) is 0.241. The molecule has 1 aliphatic heterocycles. The number of pyridine rings is 1. The van der Waals surface area contributed by atoms with Crippen molar-refractivity contribution in [2.24, 2.45) is 0 Å². The molecule has 0 unspecified atom stereocenters. The van der Waals surface area contributed by atoms with E-state index >= 15 is 0 Å². The van der Waals surface area contributed by atoms with E-state index < -0.39 is 0 Å². The number of para-hydroxylation sites is 1. The first kappa shape index (κ1) is 24.5. The summed E-state index contributed by atoms with van der Waals surface area (Å²) in [6.45, 7) is 5.27. The molecule has 1 fully saturated rings. The van der Waals surface area contributed by atoms with Crippen LogP contribution >= 0.6 is 0 Å². The Morgan fingerprint density at radius 1 is 1.00 bits per heavy atom. The van der Waals surface area contributed by atoms with Crippen molar-refractivity contribution < 1.29 is 18.8 Å². The predicted octanol–water partition coefficient (Wildman–Crippen LogP) is 5.05. The second-order valence-electron chi connectivity index (χ2n) is 9.10. The van der Waals surface area contributed by atoms with Crippen LogP contribution in [0.3, 0.4) is 0 Å². The third kappa shape index (κ3) is 5.49. The zero-order valence-corrected chi connectivity index (χ0v) is 20.9. The summed E-state index contributed by atoms with van der Waals surface area (Å²) in [6.07, 6.45) is 1.74. The van der Waals surface area contributed by atoms with Gasteiger partial charge in [0.15, 0.2) is 17.3 Å². The zero-order chi connectivity index (χ0) is 25.8. The summed E-state index contributed by atoms with van der Waals surface area (Å²) >= 11 is 0. The van der Waals surface area contributed by atoms with Gasteiger partial charge in [0.2, 0.25) is 0 Å². The lowest BCUT2D eigenvalue weighted by Gasteiger charge is -2.35. The number of methoxy groups -OCH3 is 1. The second kappa shape index (κ2) is 10.8. The van der Waals surface area contributed by atoms with Crippen molar-refractivity contribution in [1.82, 2.24) is 14.8 Å². The summed E-state index contributed by atoms with van der Waals surface area (Å²) in [6, 6.07) is 20.2. The van der Waals surface area contributed by atoms with E-state index in [1.807, 2.05) is 66.4 Å². The molecule has 1 saturated heterocycles. The van der Waals surface area contributed by atoms with Crippen LogP contribution in [-0.2, 0) is 6.54 Å². The highest BCUT2D eigenvalue weighted by atomic mass is 19.1. The quantitative estimate of drug-likeness (QED) is 0.358. The summed E-state index contributed by atoms with van der Waals surface area (Å²) in [5.41, 5.74) is 6.98. The molecule has 190 valence electrons. The van der Waals surface area contributed by atoms with E-state index in [9.17, 15) is 9.18 Å². The number of halogens is 1. The Morgan fingerprint density at radius 2 is 1.81 bits per heavy atom. The van der Waals surface area contributed by atoms with Crippen molar-refractivity contribution in [3.05, 3.63) is 95.4 Å². The van der Waals surface area contributed by atoms with Crippen molar-refractivity contribution in [2.45, 2.75) is 13.5 Å². The minimum Gasteiger partial charge on any atom is -0.494 e. The van der Waals surface area contributed by atoms with Gasteiger partial charge in [-0.05, 0) is 60.5 Å². The highest BCUT2D eigenvalue weighted by molar-refractivity contribution is 5.95. The van der Waals surface area contributed by atoms with E-state index in [2.05, 4.69) is 15.4 Å². The number of carbonyl (C=O) groups is 1. The molecule has 0 bridgehead atoms. The number of hydrogen-bond acceptors (Lipinski definition) is 6. The Kier molecular flexibility index (Phi) is 7.18. The zero-order valence-electron chi connectivity index (χ0n) is 20.9. The SMILES string of the molecule is COc1ccc(CN2CCN(C(=O)c3ccc(NOc4cccc5cccnc45)c(C)c3)CC2)cc1F. The van der Waals surface area contributed by atoms with Gasteiger partial charge in [0.25, 0.3) is 5.91 Å². The van der Waals surface area contributed by atoms with Crippen LogP contribution in [0.15, 0.2) is 72.9 Å². The first-order valence-electron chi connectivity index (χ1n) is 12.2. The van der Waals surface area contributed by atoms with E-state index in [0.717, 1.165) is 40.8 Å². The summed E-state index contributed by atoms with van der Waals surface area (Å²) in [7, 11) is 1.46. The first-order chi connectivity index (χ1) is 18.0. The molecule has 0 spiro atoms. The molecule has 3 aromatic carbocycles. The van der Waals surface area contributed by atoms with Crippen molar-refractivity contribution in [2.75, 3.05) is 38.8 Å². The standard InChI is InChI=1S/C29H29FN4O3/c1-20-17-23(9-10-25(20)32-37-27-7-3-5-22-6-4-12-31-28(22)27)29(35)34-15-13-33(14-16-34)19-21-8-11-26(36-2)24(30)18-21/h3-12,17-18,32H,13-16,19H2,1-2H3. The number of anilines is 1. The molecule has 37 heavy (non-hydrogen) atoms. The number of hydrogen-bond donors (Lipinski definition) is 1. The van der Waals surface area contributed by atoms with Crippen molar-refractivity contribution in [3.63, 3.8) is 0 Å². The Hall–Kier alpha value is -4.17. The van der Waals surface area contributed by atoms with Crippen molar-refractivity contribution in [3.8, 4) is 11.5 Å². The number of benzene rings is 3. The largest absolute Gasteiger partial charge is 0.494 e. The van der Waals surface area contributed by atoms with E-state index in [1.165, 1.54) is 13.2 Å². The van der Waals surface area contributed by atoms with E-state index in [0.29, 0.717) is 30.9 Å². The minimum atomic E-state index is -0.360. The average Bonchev–Trinajstić information content (AvgIpc) is 2.92. The Morgan fingerprint density at radius 3 is 2.57 bits per heavy atom. The molecule has 2 heterocycles. The molecule has 0 saturated carbocycles. The van der Waals surface area contributed by atoms with Gasteiger partial charge in [0.05, 0.1) is 12.8 Å². The molecule has 5 rings (SSSR count). The molecular weight excluding hydrogens is 471 g/mol. The molecule has 8 heteroatoms. The summed E-state index contributed by atoms with van der Waals surface area (Å²) in [4.78, 5) is 27.5. The van der Waals surface area contributed by atoms with Gasteiger partial charge in [-0.25, -0.2) is 9.87 Å². The number of aryl methyl sites for hydroxylation is 1.